The number of carbonyl (C=O) groups excluding carboxylic acids is 2. The Hall–Kier alpha value is -3.40. The van der Waals surface area contributed by atoms with Crippen molar-refractivity contribution in [2.24, 2.45) is 0 Å². The van der Waals surface area contributed by atoms with Crippen LogP contribution in [0.15, 0.2) is 66.7 Å². The van der Waals surface area contributed by atoms with Crippen molar-refractivity contribution in [2.75, 3.05) is 5.32 Å². The highest BCUT2D eigenvalue weighted by molar-refractivity contribution is 6.05. The molecule has 0 aliphatic rings. The average Bonchev–Trinajstić information content (AvgIpc) is 2.69. The van der Waals surface area contributed by atoms with Crippen LogP contribution in [-0.2, 0) is 6.54 Å². The minimum atomic E-state index is -0.189. The first kappa shape index (κ1) is 19.4. The summed E-state index contributed by atoms with van der Waals surface area (Å²) in [4.78, 5) is 24.9. The molecule has 0 aliphatic heterocycles. The van der Waals surface area contributed by atoms with Crippen molar-refractivity contribution in [2.45, 2.75) is 27.3 Å². The zero-order chi connectivity index (χ0) is 20.1. The Bertz CT molecular complexity index is 970. The molecule has 4 heteroatoms. The third-order valence-electron chi connectivity index (χ3n) is 4.62. The Kier molecular flexibility index (Phi) is 5.90. The van der Waals surface area contributed by atoms with Gasteiger partial charge in [0.05, 0.1) is 0 Å². The quantitative estimate of drug-likeness (QED) is 0.676. The molecule has 0 saturated heterocycles. The van der Waals surface area contributed by atoms with Crippen LogP contribution in [0.4, 0.5) is 5.69 Å². The van der Waals surface area contributed by atoms with Gasteiger partial charge in [-0.1, -0.05) is 48.0 Å². The van der Waals surface area contributed by atoms with E-state index in [-0.39, 0.29) is 11.8 Å². The SMILES string of the molecule is Cc1cc(C)c(NC(=O)c2ccc(C(=O)NCc3ccccc3)cc2)c(C)c1. The van der Waals surface area contributed by atoms with E-state index < -0.39 is 0 Å². The zero-order valence-corrected chi connectivity index (χ0v) is 16.4. The molecule has 3 rings (SSSR count). The van der Waals surface area contributed by atoms with Gasteiger partial charge >= 0.3 is 0 Å². The second-order valence-electron chi connectivity index (χ2n) is 6.97. The van der Waals surface area contributed by atoms with Gasteiger partial charge in [-0.05, 0) is 61.7 Å². The molecule has 2 N–H and O–H groups in total. The number of rotatable bonds is 5. The minimum Gasteiger partial charge on any atom is -0.348 e. The molecule has 28 heavy (non-hydrogen) atoms. The van der Waals surface area contributed by atoms with E-state index in [1.54, 1.807) is 24.3 Å². The molecule has 0 heterocycles. The van der Waals surface area contributed by atoms with Crippen LogP contribution in [0.2, 0.25) is 0 Å². The lowest BCUT2D eigenvalue weighted by atomic mass is 10.0. The van der Waals surface area contributed by atoms with Crippen LogP contribution < -0.4 is 10.6 Å². The molecule has 3 aromatic rings. The normalized spacial score (nSPS) is 10.4. The summed E-state index contributed by atoms with van der Waals surface area (Å²) in [6.45, 7) is 6.46. The Morgan fingerprint density at radius 3 is 1.86 bits per heavy atom. The van der Waals surface area contributed by atoms with Gasteiger partial charge in [0.1, 0.15) is 0 Å². The molecular weight excluding hydrogens is 348 g/mol. The first-order valence-corrected chi connectivity index (χ1v) is 9.25. The molecule has 2 amide bonds. The second kappa shape index (κ2) is 8.53. The Morgan fingerprint density at radius 2 is 1.29 bits per heavy atom. The van der Waals surface area contributed by atoms with Crippen molar-refractivity contribution in [3.05, 3.63) is 100 Å². The zero-order valence-electron chi connectivity index (χ0n) is 16.4. The third kappa shape index (κ3) is 4.65. The van der Waals surface area contributed by atoms with Gasteiger partial charge in [-0.25, -0.2) is 0 Å². The van der Waals surface area contributed by atoms with Crippen molar-refractivity contribution < 1.29 is 9.59 Å². The van der Waals surface area contributed by atoms with Crippen LogP contribution in [0, 0.1) is 20.8 Å². The number of anilines is 1. The lowest BCUT2D eigenvalue weighted by molar-refractivity contribution is 0.0949. The van der Waals surface area contributed by atoms with Gasteiger partial charge in [0.25, 0.3) is 11.8 Å². The topological polar surface area (TPSA) is 58.2 Å². The summed E-state index contributed by atoms with van der Waals surface area (Å²) in [7, 11) is 0. The maximum absolute atomic E-state index is 12.6. The summed E-state index contributed by atoms with van der Waals surface area (Å²) in [6, 6.07) is 20.5. The van der Waals surface area contributed by atoms with E-state index in [1.165, 1.54) is 5.56 Å². The fourth-order valence-corrected chi connectivity index (χ4v) is 3.22. The fourth-order valence-electron chi connectivity index (χ4n) is 3.22. The predicted octanol–water partition coefficient (Wildman–Crippen LogP) is 4.79. The van der Waals surface area contributed by atoms with Crippen LogP contribution in [-0.4, -0.2) is 11.8 Å². The molecule has 0 spiro atoms. The van der Waals surface area contributed by atoms with Gasteiger partial charge in [-0.3, -0.25) is 9.59 Å². The predicted molar refractivity (Wildman–Crippen MR) is 113 cm³/mol. The van der Waals surface area contributed by atoms with E-state index in [1.807, 2.05) is 63.2 Å². The largest absolute Gasteiger partial charge is 0.348 e. The highest BCUT2D eigenvalue weighted by Crippen LogP contribution is 2.22. The molecule has 4 nitrogen and oxygen atoms in total. The first-order valence-electron chi connectivity index (χ1n) is 9.25. The van der Waals surface area contributed by atoms with E-state index in [4.69, 9.17) is 0 Å². The number of hydrogen-bond acceptors (Lipinski definition) is 2. The van der Waals surface area contributed by atoms with Gasteiger partial charge in [-0.15, -0.1) is 0 Å². The van der Waals surface area contributed by atoms with E-state index in [9.17, 15) is 9.59 Å². The third-order valence-corrected chi connectivity index (χ3v) is 4.62. The average molecular weight is 372 g/mol. The van der Waals surface area contributed by atoms with Gasteiger partial charge in [0.15, 0.2) is 0 Å². The van der Waals surface area contributed by atoms with Crippen molar-refractivity contribution >= 4 is 17.5 Å². The second-order valence-corrected chi connectivity index (χ2v) is 6.97. The van der Waals surface area contributed by atoms with Crippen LogP contribution in [0.5, 0.6) is 0 Å². The number of aryl methyl sites for hydroxylation is 3. The Labute approximate surface area is 165 Å². The lowest BCUT2D eigenvalue weighted by Gasteiger charge is -2.13. The highest BCUT2D eigenvalue weighted by atomic mass is 16.2. The number of carbonyl (C=O) groups is 2. The number of hydrogen-bond donors (Lipinski definition) is 2. The molecular formula is C24H24N2O2. The van der Waals surface area contributed by atoms with E-state index in [0.29, 0.717) is 17.7 Å². The van der Waals surface area contributed by atoms with Crippen molar-refractivity contribution in [3.63, 3.8) is 0 Å². The smallest absolute Gasteiger partial charge is 0.255 e. The highest BCUT2D eigenvalue weighted by Gasteiger charge is 2.12. The van der Waals surface area contributed by atoms with Crippen LogP contribution in [0.1, 0.15) is 43.0 Å². The summed E-state index contributed by atoms with van der Waals surface area (Å²) in [5, 5.41) is 5.86. The summed E-state index contributed by atoms with van der Waals surface area (Å²) in [5.74, 6) is -0.354. The Morgan fingerprint density at radius 1 is 0.750 bits per heavy atom. The summed E-state index contributed by atoms with van der Waals surface area (Å²) < 4.78 is 0. The maximum atomic E-state index is 12.6. The Balaban J connectivity index is 1.65. The van der Waals surface area contributed by atoms with E-state index >= 15 is 0 Å². The molecule has 0 radical (unpaired) electrons. The van der Waals surface area contributed by atoms with Gasteiger partial charge in [0, 0.05) is 23.4 Å². The molecule has 0 fully saturated rings. The van der Waals surface area contributed by atoms with Crippen molar-refractivity contribution in [1.29, 1.82) is 0 Å². The molecule has 0 unspecified atom stereocenters. The van der Waals surface area contributed by atoms with Gasteiger partial charge in [0.2, 0.25) is 0 Å². The van der Waals surface area contributed by atoms with Crippen LogP contribution in [0.3, 0.4) is 0 Å². The number of nitrogens with one attached hydrogen (secondary N) is 2. The van der Waals surface area contributed by atoms with E-state index in [0.717, 1.165) is 22.4 Å². The lowest BCUT2D eigenvalue weighted by Crippen LogP contribution is -2.23. The molecule has 0 saturated carbocycles. The standard InChI is InChI=1S/C24H24N2O2/c1-16-13-17(2)22(18(3)14-16)26-24(28)21-11-9-20(10-12-21)23(27)25-15-19-7-5-4-6-8-19/h4-14H,15H2,1-3H3,(H,25,27)(H,26,28). The van der Waals surface area contributed by atoms with Gasteiger partial charge < -0.3 is 10.6 Å². The van der Waals surface area contributed by atoms with E-state index in [2.05, 4.69) is 10.6 Å². The van der Waals surface area contributed by atoms with Gasteiger partial charge in [-0.2, -0.15) is 0 Å². The molecule has 142 valence electrons. The molecule has 3 aromatic carbocycles. The summed E-state index contributed by atoms with van der Waals surface area (Å²) in [6.07, 6.45) is 0. The van der Waals surface area contributed by atoms with Crippen molar-refractivity contribution in [1.82, 2.24) is 5.32 Å². The summed E-state index contributed by atoms with van der Waals surface area (Å²) in [5.41, 5.74) is 6.13. The molecule has 0 aromatic heterocycles. The molecule has 0 aliphatic carbocycles. The number of amides is 2. The molecule has 0 atom stereocenters. The summed E-state index contributed by atoms with van der Waals surface area (Å²) >= 11 is 0. The maximum Gasteiger partial charge on any atom is 0.255 e. The molecule has 0 bridgehead atoms. The van der Waals surface area contributed by atoms with Crippen molar-refractivity contribution in [3.8, 4) is 0 Å². The minimum absolute atomic E-state index is 0.166. The first-order chi connectivity index (χ1) is 13.4. The fraction of sp³-hybridized carbons (Fsp3) is 0.167. The number of benzene rings is 3. The monoisotopic (exact) mass is 372 g/mol. The van der Waals surface area contributed by atoms with Crippen LogP contribution >= 0.6 is 0 Å². The van der Waals surface area contributed by atoms with Crippen LogP contribution in [0.25, 0.3) is 0 Å².